The van der Waals surface area contributed by atoms with E-state index in [2.05, 4.69) is 27.2 Å². The van der Waals surface area contributed by atoms with Crippen molar-refractivity contribution in [2.75, 3.05) is 32.1 Å². The lowest BCUT2D eigenvalue weighted by molar-refractivity contribution is 0.219. The molecule has 0 bridgehead atoms. The molecule has 0 unspecified atom stereocenters. The SMILES string of the molecule is CCNc1ncc(F)c(OCCN(C)C2CC2)n1. The van der Waals surface area contributed by atoms with Crippen LogP contribution in [0.3, 0.4) is 0 Å². The first-order valence-electron chi connectivity index (χ1n) is 6.30. The van der Waals surface area contributed by atoms with Crippen molar-refractivity contribution < 1.29 is 9.13 Å². The minimum Gasteiger partial charge on any atom is -0.474 e. The Balaban J connectivity index is 1.84. The maximum atomic E-state index is 13.4. The number of rotatable bonds is 7. The Morgan fingerprint density at radius 1 is 1.56 bits per heavy atom. The highest BCUT2D eigenvalue weighted by atomic mass is 19.1. The van der Waals surface area contributed by atoms with Gasteiger partial charge in [0, 0.05) is 19.1 Å². The molecule has 1 fully saturated rings. The molecule has 1 aliphatic rings. The van der Waals surface area contributed by atoms with Crippen LogP contribution in [-0.2, 0) is 0 Å². The standard InChI is InChI=1S/C12H19FN4O/c1-3-14-12-15-8-10(13)11(16-12)18-7-6-17(2)9-4-5-9/h8-9H,3-7H2,1-2H3,(H,14,15,16). The average Bonchev–Trinajstić information content (AvgIpc) is 3.17. The summed E-state index contributed by atoms with van der Waals surface area (Å²) in [5.74, 6) is -0.111. The van der Waals surface area contributed by atoms with Gasteiger partial charge in [0.15, 0.2) is 0 Å². The van der Waals surface area contributed by atoms with Gasteiger partial charge >= 0.3 is 0 Å². The highest BCUT2D eigenvalue weighted by Crippen LogP contribution is 2.24. The van der Waals surface area contributed by atoms with Crippen molar-refractivity contribution in [3.63, 3.8) is 0 Å². The Hall–Kier alpha value is -1.43. The zero-order valence-corrected chi connectivity index (χ0v) is 10.8. The Bertz CT molecular complexity index is 398. The number of hydrogen-bond donors (Lipinski definition) is 1. The van der Waals surface area contributed by atoms with Gasteiger partial charge in [-0.1, -0.05) is 0 Å². The quantitative estimate of drug-likeness (QED) is 0.799. The molecule has 0 aromatic carbocycles. The lowest BCUT2D eigenvalue weighted by Crippen LogP contribution is -2.26. The predicted octanol–water partition coefficient (Wildman–Crippen LogP) is 1.52. The molecular weight excluding hydrogens is 235 g/mol. The van der Waals surface area contributed by atoms with E-state index in [9.17, 15) is 4.39 Å². The molecule has 2 rings (SSSR count). The van der Waals surface area contributed by atoms with Crippen molar-refractivity contribution in [2.24, 2.45) is 0 Å². The van der Waals surface area contributed by atoms with E-state index in [-0.39, 0.29) is 5.88 Å². The van der Waals surface area contributed by atoms with Gasteiger partial charge in [-0.15, -0.1) is 0 Å². The number of hydrogen-bond acceptors (Lipinski definition) is 5. The van der Waals surface area contributed by atoms with E-state index in [1.807, 2.05) is 6.92 Å². The van der Waals surface area contributed by atoms with Crippen LogP contribution in [0, 0.1) is 5.82 Å². The van der Waals surface area contributed by atoms with Gasteiger partial charge in [-0.3, -0.25) is 0 Å². The third-order valence-electron chi connectivity index (χ3n) is 2.90. The molecule has 1 N–H and O–H groups in total. The number of ether oxygens (including phenoxy) is 1. The maximum Gasteiger partial charge on any atom is 0.255 e. The van der Waals surface area contributed by atoms with E-state index in [1.165, 1.54) is 12.8 Å². The van der Waals surface area contributed by atoms with Crippen molar-refractivity contribution in [3.05, 3.63) is 12.0 Å². The maximum absolute atomic E-state index is 13.4. The summed E-state index contributed by atoms with van der Waals surface area (Å²) in [6.45, 7) is 3.84. The monoisotopic (exact) mass is 254 g/mol. The summed E-state index contributed by atoms with van der Waals surface area (Å²) in [5, 5.41) is 2.92. The summed E-state index contributed by atoms with van der Waals surface area (Å²) in [5.41, 5.74) is 0. The van der Waals surface area contributed by atoms with E-state index in [0.717, 1.165) is 12.7 Å². The number of halogens is 1. The van der Waals surface area contributed by atoms with Crippen molar-refractivity contribution in [1.82, 2.24) is 14.9 Å². The Morgan fingerprint density at radius 2 is 2.33 bits per heavy atom. The first-order valence-corrected chi connectivity index (χ1v) is 6.30. The van der Waals surface area contributed by atoms with Crippen LogP contribution in [0.15, 0.2) is 6.20 Å². The van der Waals surface area contributed by atoms with E-state index in [1.54, 1.807) is 0 Å². The normalized spacial score (nSPS) is 14.9. The van der Waals surface area contributed by atoms with Crippen LogP contribution in [0.2, 0.25) is 0 Å². The van der Waals surface area contributed by atoms with Crippen LogP contribution < -0.4 is 10.1 Å². The fourth-order valence-corrected chi connectivity index (χ4v) is 1.68. The predicted molar refractivity (Wildman–Crippen MR) is 67.3 cm³/mol. The second-order valence-electron chi connectivity index (χ2n) is 4.44. The number of anilines is 1. The minimum atomic E-state index is -0.522. The molecule has 1 aliphatic carbocycles. The number of likely N-dealkylation sites (N-methyl/N-ethyl adjacent to an activating group) is 1. The molecule has 0 aliphatic heterocycles. The van der Waals surface area contributed by atoms with Gasteiger partial charge in [0.05, 0.1) is 6.20 Å². The highest BCUT2D eigenvalue weighted by Gasteiger charge is 2.25. The van der Waals surface area contributed by atoms with Crippen molar-refractivity contribution >= 4 is 5.95 Å². The average molecular weight is 254 g/mol. The van der Waals surface area contributed by atoms with Crippen LogP contribution in [0.1, 0.15) is 19.8 Å². The first-order chi connectivity index (χ1) is 8.70. The molecule has 1 aromatic rings. The molecule has 0 atom stereocenters. The van der Waals surface area contributed by atoms with Gasteiger partial charge in [-0.05, 0) is 26.8 Å². The molecule has 0 saturated heterocycles. The Labute approximate surface area is 106 Å². The topological polar surface area (TPSA) is 50.3 Å². The molecule has 100 valence electrons. The summed E-state index contributed by atoms with van der Waals surface area (Å²) in [6, 6.07) is 0.682. The molecule has 0 spiro atoms. The van der Waals surface area contributed by atoms with E-state index in [0.29, 0.717) is 25.1 Å². The van der Waals surface area contributed by atoms with E-state index < -0.39 is 5.82 Å². The van der Waals surface area contributed by atoms with Crippen LogP contribution in [-0.4, -0.2) is 47.7 Å². The van der Waals surface area contributed by atoms with Crippen LogP contribution >= 0.6 is 0 Å². The second kappa shape index (κ2) is 5.95. The zero-order valence-electron chi connectivity index (χ0n) is 10.8. The van der Waals surface area contributed by atoms with E-state index in [4.69, 9.17) is 4.74 Å². The van der Waals surface area contributed by atoms with Gasteiger partial charge < -0.3 is 15.0 Å². The third kappa shape index (κ3) is 3.53. The smallest absolute Gasteiger partial charge is 0.255 e. The summed E-state index contributed by atoms with van der Waals surface area (Å²) < 4.78 is 18.8. The number of aromatic nitrogens is 2. The van der Waals surface area contributed by atoms with Gasteiger partial charge in [0.1, 0.15) is 6.61 Å². The molecule has 0 amide bonds. The first kappa shape index (κ1) is 13.0. The van der Waals surface area contributed by atoms with Gasteiger partial charge in [-0.2, -0.15) is 9.37 Å². The molecule has 5 nitrogen and oxygen atoms in total. The summed E-state index contributed by atoms with van der Waals surface area (Å²) in [4.78, 5) is 10.0. The fourth-order valence-electron chi connectivity index (χ4n) is 1.68. The summed E-state index contributed by atoms with van der Waals surface area (Å²) in [6.07, 6.45) is 3.64. The second-order valence-corrected chi connectivity index (χ2v) is 4.44. The molecule has 1 heterocycles. The number of nitrogens with one attached hydrogen (secondary N) is 1. The van der Waals surface area contributed by atoms with E-state index >= 15 is 0 Å². The highest BCUT2D eigenvalue weighted by molar-refractivity contribution is 5.27. The van der Waals surface area contributed by atoms with Crippen molar-refractivity contribution in [1.29, 1.82) is 0 Å². The minimum absolute atomic E-state index is 0.0187. The summed E-state index contributed by atoms with van der Waals surface area (Å²) >= 11 is 0. The molecule has 18 heavy (non-hydrogen) atoms. The molecule has 1 aromatic heterocycles. The summed E-state index contributed by atoms with van der Waals surface area (Å²) in [7, 11) is 2.06. The molecule has 6 heteroatoms. The fraction of sp³-hybridized carbons (Fsp3) is 0.667. The van der Waals surface area contributed by atoms with Crippen LogP contribution in [0.4, 0.5) is 10.3 Å². The molecule has 0 radical (unpaired) electrons. The van der Waals surface area contributed by atoms with Gasteiger partial charge in [0.2, 0.25) is 11.8 Å². The van der Waals surface area contributed by atoms with Gasteiger partial charge in [-0.25, -0.2) is 4.98 Å². The van der Waals surface area contributed by atoms with Crippen molar-refractivity contribution in [2.45, 2.75) is 25.8 Å². The van der Waals surface area contributed by atoms with Crippen molar-refractivity contribution in [3.8, 4) is 5.88 Å². The third-order valence-corrected chi connectivity index (χ3v) is 2.90. The lowest BCUT2D eigenvalue weighted by Gasteiger charge is -2.15. The Morgan fingerprint density at radius 3 is 3.00 bits per heavy atom. The molecular formula is C12H19FN4O. The number of nitrogens with zero attached hydrogens (tertiary/aromatic N) is 3. The lowest BCUT2D eigenvalue weighted by atomic mass is 10.5. The van der Waals surface area contributed by atoms with Gasteiger partial charge in [0.25, 0.3) is 5.88 Å². The van der Waals surface area contributed by atoms with Crippen LogP contribution in [0.25, 0.3) is 0 Å². The zero-order chi connectivity index (χ0) is 13.0. The van der Waals surface area contributed by atoms with Crippen LogP contribution in [0.5, 0.6) is 5.88 Å². The largest absolute Gasteiger partial charge is 0.474 e. The molecule has 1 saturated carbocycles. The Kier molecular flexibility index (Phi) is 4.30.